The molecule has 0 saturated heterocycles. The Morgan fingerprint density at radius 3 is 1.68 bits per heavy atom. The average Bonchev–Trinajstić information content (AvgIpc) is 2.40. The van der Waals surface area contributed by atoms with E-state index in [-0.39, 0.29) is 0 Å². The molecule has 3 heteroatoms. The van der Waals surface area contributed by atoms with Crippen LogP contribution in [0.2, 0.25) is 0 Å². The topological polar surface area (TPSA) is 30.5 Å². The Bertz CT molecular complexity index is 478. The molecule has 0 radical (unpaired) electrons. The highest BCUT2D eigenvalue weighted by Crippen LogP contribution is 2.24. The van der Waals surface area contributed by atoms with E-state index < -0.39 is 0 Å². The summed E-state index contributed by atoms with van der Waals surface area (Å²) in [6, 6.07) is 15.8. The molecule has 0 unspecified atom stereocenters. The average molecular weight is 257 g/mol. The van der Waals surface area contributed by atoms with E-state index in [2.05, 4.69) is 5.32 Å². The van der Waals surface area contributed by atoms with Gasteiger partial charge in [-0.3, -0.25) is 0 Å². The van der Waals surface area contributed by atoms with Crippen LogP contribution >= 0.6 is 0 Å². The number of rotatable bonds is 6. The number of nitrogens with one attached hydrogen (secondary N) is 1. The Morgan fingerprint density at radius 1 is 0.789 bits per heavy atom. The standard InChI is InChI=1S/C16H19NO2/c1-3-18-15-9-5-7-13(11-15)17-14-8-6-10-16(12-14)19-4-2/h5-12,17H,3-4H2,1-2H3. The molecule has 2 aromatic rings. The lowest BCUT2D eigenvalue weighted by Crippen LogP contribution is -1.95. The maximum absolute atomic E-state index is 5.48. The van der Waals surface area contributed by atoms with Crippen molar-refractivity contribution >= 4 is 11.4 Å². The molecule has 0 aliphatic heterocycles. The Hall–Kier alpha value is -2.16. The van der Waals surface area contributed by atoms with Gasteiger partial charge in [-0.2, -0.15) is 0 Å². The third-order valence-corrected chi connectivity index (χ3v) is 2.58. The van der Waals surface area contributed by atoms with Crippen LogP contribution in [0.4, 0.5) is 11.4 Å². The summed E-state index contributed by atoms with van der Waals surface area (Å²) in [5.74, 6) is 1.74. The molecule has 0 amide bonds. The monoisotopic (exact) mass is 257 g/mol. The van der Waals surface area contributed by atoms with Crippen molar-refractivity contribution in [1.29, 1.82) is 0 Å². The fourth-order valence-electron chi connectivity index (χ4n) is 1.83. The normalized spacial score (nSPS) is 10.0. The molecule has 3 nitrogen and oxygen atoms in total. The van der Waals surface area contributed by atoms with Gasteiger partial charge in [-0.15, -0.1) is 0 Å². The van der Waals surface area contributed by atoms with Crippen molar-refractivity contribution in [3.05, 3.63) is 48.5 Å². The minimum absolute atomic E-state index is 0.670. The fourth-order valence-corrected chi connectivity index (χ4v) is 1.83. The van der Waals surface area contributed by atoms with E-state index in [0.717, 1.165) is 22.9 Å². The second kappa shape index (κ2) is 6.69. The lowest BCUT2D eigenvalue weighted by atomic mass is 10.2. The SMILES string of the molecule is CCOc1cccc(Nc2cccc(OCC)c2)c1. The van der Waals surface area contributed by atoms with E-state index in [1.807, 2.05) is 62.4 Å². The third kappa shape index (κ3) is 3.91. The van der Waals surface area contributed by atoms with Gasteiger partial charge in [0.2, 0.25) is 0 Å². The van der Waals surface area contributed by atoms with Crippen molar-refractivity contribution in [2.24, 2.45) is 0 Å². The van der Waals surface area contributed by atoms with Crippen LogP contribution in [0.15, 0.2) is 48.5 Å². The molecular weight excluding hydrogens is 238 g/mol. The Balaban J connectivity index is 2.11. The summed E-state index contributed by atoms with van der Waals surface area (Å²) in [6.45, 7) is 5.30. The van der Waals surface area contributed by atoms with E-state index in [1.165, 1.54) is 0 Å². The Kier molecular flexibility index (Phi) is 4.67. The molecule has 100 valence electrons. The van der Waals surface area contributed by atoms with Crippen LogP contribution in [0.1, 0.15) is 13.8 Å². The summed E-state index contributed by atoms with van der Waals surface area (Å²) >= 11 is 0. The van der Waals surface area contributed by atoms with Crippen LogP contribution in [0, 0.1) is 0 Å². The van der Waals surface area contributed by atoms with E-state index in [0.29, 0.717) is 13.2 Å². The summed E-state index contributed by atoms with van der Waals surface area (Å²) in [5, 5.41) is 3.34. The maximum atomic E-state index is 5.48. The van der Waals surface area contributed by atoms with Crippen molar-refractivity contribution in [2.75, 3.05) is 18.5 Å². The Morgan fingerprint density at radius 2 is 1.26 bits per heavy atom. The first-order valence-electron chi connectivity index (χ1n) is 6.54. The van der Waals surface area contributed by atoms with E-state index in [1.54, 1.807) is 0 Å². The number of hydrogen-bond donors (Lipinski definition) is 1. The zero-order valence-electron chi connectivity index (χ0n) is 11.3. The van der Waals surface area contributed by atoms with Crippen LogP contribution in [-0.2, 0) is 0 Å². The molecule has 0 fully saturated rings. The summed E-state index contributed by atoms with van der Waals surface area (Å²) in [6.07, 6.45) is 0. The minimum atomic E-state index is 0.670. The van der Waals surface area contributed by atoms with E-state index >= 15 is 0 Å². The molecule has 1 N–H and O–H groups in total. The first-order valence-corrected chi connectivity index (χ1v) is 6.54. The minimum Gasteiger partial charge on any atom is -0.494 e. The molecular formula is C16H19NO2. The van der Waals surface area contributed by atoms with Gasteiger partial charge in [0.1, 0.15) is 11.5 Å². The lowest BCUT2D eigenvalue weighted by Gasteiger charge is -2.10. The first-order chi connectivity index (χ1) is 9.31. The molecule has 2 aromatic carbocycles. The van der Waals surface area contributed by atoms with E-state index in [9.17, 15) is 0 Å². The highest BCUT2D eigenvalue weighted by atomic mass is 16.5. The molecule has 0 atom stereocenters. The van der Waals surface area contributed by atoms with Crippen molar-refractivity contribution < 1.29 is 9.47 Å². The zero-order valence-corrected chi connectivity index (χ0v) is 11.3. The molecule has 19 heavy (non-hydrogen) atoms. The molecule has 0 spiro atoms. The van der Waals surface area contributed by atoms with Crippen molar-refractivity contribution in [3.8, 4) is 11.5 Å². The number of benzene rings is 2. The van der Waals surface area contributed by atoms with Gasteiger partial charge >= 0.3 is 0 Å². The smallest absolute Gasteiger partial charge is 0.121 e. The molecule has 0 aromatic heterocycles. The maximum Gasteiger partial charge on any atom is 0.121 e. The molecule has 0 heterocycles. The first kappa shape index (κ1) is 13.3. The highest BCUT2D eigenvalue weighted by Gasteiger charge is 1.99. The van der Waals surface area contributed by atoms with Crippen LogP contribution in [0.5, 0.6) is 11.5 Å². The predicted molar refractivity (Wildman–Crippen MR) is 78.5 cm³/mol. The molecule has 0 aliphatic rings. The summed E-state index contributed by atoms with van der Waals surface area (Å²) < 4.78 is 11.0. The number of hydrogen-bond acceptors (Lipinski definition) is 3. The van der Waals surface area contributed by atoms with Gasteiger partial charge in [-0.05, 0) is 38.1 Å². The molecule has 0 aliphatic carbocycles. The quantitative estimate of drug-likeness (QED) is 0.840. The van der Waals surface area contributed by atoms with Gasteiger partial charge < -0.3 is 14.8 Å². The van der Waals surface area contributed by atoms with Crippen LogP contribution in [-0.4, -0.2) is 13.2 Å². The summed E-state index contributed by atoms with van der Waals surface area (Å²) in [5.41, 5.74) is 2.00. The lowest BCUT2D eigenvalue weighted by molar-refractivity contribution is 0.340. The van der Waals surface area contributed by atoms with Crippen LogP contribution in [0.25, 0.3) is 0 Å². The second-order valence-electron chi connectivity index (χ2n) is 4.05. The number of anilines is 2. The number of ether oxygens (including phenoxy) is 2. The summed E-state index contributed by atoms with van der Waals surface area (Å²) in [7, 11) is 0. The predicted octanol–water partition coefficient (Wildman–Crippen LogP) is 4.23. The third-order valence-electron chi connectivity index (χ3n) is 2.58. The van der Waals surface area contributed by atoms with Gasteiger partial charge in [0.25, 0.3) is 0 Å². The van der Waals surface area contributed by atoms with E-state index in [4.69, 9.17) is 9.47 Å². The molecule has 2 rings (SSSR count). The zero-order chi connectivity index (χ0) is 13.5. The van der Waals surface area contributed by atoms with Crippen molar-refractivity contribution in [2.45, 2.75) is 13.8 Å². The highest BCUT2D eigenvalue weighted by molar-refractivity contribution is 5.62. The summed E-state index contributed by atoms with van der Waals surface area (Å²) in [4.78, 5) is 0. The van der Waals surface area contributed by atoms with Gasteiger partial charge in [0.05, 0.1) is 13.2 Å². The van der Waals surface area contributed by atoms with Gasteiger partial charge in [-0.1, -0.05) is 12.1 Å². The van der Waals surface area contributed by atoms with Crippen LogP contribution < -0.4 is 14.8 Å². The van der Waals surface area contributed by atoms with Crippen molar-refractivity contribution in [3.63, 3.8) is 0 Å². The van der Waals surface area contributed by atoms with Gasteiger partial charge in [-0.25, -0.2) is 0 Å². The molecule has 0 bridgehead atoms. The van der Waals surface area contributed by atoms with Gasteiger partial charge in [0, 0.05) is 23.5 Å². The largest absolute Gasteiger partial charge is 0.494 e. The van der Waals surface area contributed by atoms with Gasteiger partial charge in [0.15, 0.2) is 0 Å². The molecule has 0 saturated carbocycles. The van der Waals surface area contributed by atoms with Crippen LogP contribution in [0.3, 0.4) is 0 Å². The fraction of sp³-hybridized carbons (Fsp3) is 0.250. The Labute approximate surface area is 114 Å². The van der Waals surface area contributed by atoms with Crippen molar-refractivity contribution in [1.82, 2.24) is 0 Å². The second-order valence-corrected chi connectivity index (χ2v) is 4.05.